The van der Waals surface area contributed by atoms with Gasteiger partial charge in [-0.25, -0.2) is 4.79 Å². The molecule has 0 aliphatic carbocycles. The lowest BCUT2D eigenvalue weighted by atomic mass is 9.92. The largest absolute Gasteiger partial charge is 0.459 e. The molecule has 0 radical (unpaired) electrons. The molecule has 2 N–H and O–H groups in total. The third-order valence-electron chi connectivity index (χ3n) is 7.60. The molecule has 2 unspecified atom stereocenters. The van der Waals surface area contributed by atoms with E-state index in [1.807, 2.05) is 53.1 Å². The molecule has 3 aliphatic rings. The van der Waals surface area contributed by atoms with Crippen molar-refractivity contribution in [1.29, 1.82) is 0 Å². The van der Waals surface area contributed by atoms with E-state index in [0.717, 1.165) is 16.6 Å². The summed E-state index contributed by atoms with van der Waals surface area (Å²) in [5.41, 5.74) is 2.54. The Labute approximate surface area is 230 Å². The summed E-state index contributed by atoms with van der Waals surface area (Å²) in [5.74, 6) is 1.29. The van der Waals surface area contributed by atoms with Crippen molar-refractivity contribution in [2.24, 2.45) is 0 Å². The third-order valence-corrected chi connectivity index (χ3v) is 7.60. The minimum absolute atomic E-state index is 0.00494. The van der Waals surface area contributed by atoms with Crippen molar-refractivity contribution in [1.82, 2.24) is 14.5 Å². The molecule has 3 aromatic rings. The first-order valence-electron chi connectivity index (χ1n) is 13.7. The Kier molecular flexibility index (Phi) is 7.76. The minimum Gasteiger partial charge on any atom is -0.459 e. The van der Waals surface area contributed by atoms with Crippen molar-refractivity contribution in [2.75, 3.05) is 46.3 Å². The molecule has 1 aromatic heterocycles. The molecule has 0 saturated carbocycles. The summed E-state index contributed by atoms with van der Waals surface area (Å²) in [5, 5.41) is 8.91. The second-order valence-electron chi connectivity index (χ2n) is 10.1. The van der Waals surface area contributed by atoms with E-state index in [0.29, 0.717) is 50.5 Å². The van der Waals surface area contributed by atoms with Gasteiger partial charge in [-0.1, -0.05) is 18.2 Å². The first-order valence-corrected chi connectivity index (χ1v) is 13.7. The number of para-hydroxylation sites is 2. The fourth-order valence-corrected chi connectivity index (χ4v) is 5.61. The lowest BCUT2D eigenvalue weighted by Gasteiger charge is -2.35. The first-order chi connectivity index (χ1) is 19.6. The van der Waals surface area contributed by atoms with Crippen LogP contribution in [0.25, 0.3) is 11.0 Å². The van der Waals surface area contributed by atoms with Crippen LogP contribution in [0.5, 0.6) is 11.5 Å². The summed E-state index contributed by atoms with van der Waals surface area (Å²) >= 11 is 0. The zero-order valence-electron chi connectivity index (χ0n) is 22.1. The molecular weight excluding hydrogens is 518 g/mol. The van der Waals surface area contributed by atoms with Crippen molar-refractivity contribution in [2.45, 2.75) is 37.5 Å². The molecule has 2 atom stereocenters. The number of carbonyl (C=O) groups excluding carboxylic acids is 1. The van der Waals surface area contributed by atoms with Crippen LogP contribution in [0.3, 0.4) is 0 Å². The number of H-pyrrole nitrogens is 1. The van der Waals surface area contributed by atoms with Gasteiger partial charge in [0.15, 0.2) is 17.3 Å². The predicted molar refractivity (Wildman–Crippen MR) is 144 cm³/mol. The Morgan fingerprint density at radius 1 is 1.05 bits per heavy atom. The van der Waals surface area contributed by atoms with Crippen molar-refractivity contribution in [3.8, 4) is 11.5 Å². The van der Waals surface area contributed by atoms with Gasteiger partial charge in [0.1, 0.15) is 0 Å². The fourth-order valence-electron chi connectivity index (χ4n) is 5.61. The van der Waals surface area contributed by atoms with Crippen LogP contribution in [-0.2, 0) is 19.0 Å². The van der Waals surface area contributed by atoms with Crippen LogP contribution in [-0.4, -0.2) is 78.1 Å². The van der Waals surface area contributed by atoms with Crippen molar-refractivity contribution >= 4 is 16.9 Å². The van der Waals surface area contributed by atoms with Gasteiger partial charge < -0.3 is 38.7 Å². The van der Waals surface area contributed by atoms with Crippen LogP contribution in [0.2, 0.25) is 0 Å². The number of aliphatic hydroxyl groups is 1. The number of ether oxygens (including phenoxy) is 5. The predicted octanol–water partition coefficient (Wildman–Crippen LogP) is 2.66. The first kappa shape index (κ1) is 26.4. The Bertz CT molecular complexity index is 1440. The highest BCUT2D eigenvalue weighted by molar-refractivity contribution is 5.92. The third kappa shape index (κ3) is 5.45. The number of aromatic amines is 1. The molecule has 0 spiro atoms. The molecule has 2 aromatic carbocycles. The maximum Gasteiger partial charge on any atom is 0.326 e. The minimum atomic E-state index is -0.639. The quantitative estimate of drug-likeness (QED) is 0.389. The second kappa shape index (κ2) is 11.7. The molecule has 6 rings (SSSR count). The van der Waals surface area contributed by atoms with Crippen LogP contribution in [0.15, 0.2) is 59.1 Å². The van der Waals surface area contributed by atoms with E-state index in [-0.39, 0.29) is 55.9 Å². The van der Waals surface area contributed by atoms with E-state index in [1.54, 1.807) is 4.90 Å². The number of likely N-dealkylation sites (tertiary alicyclic amines) is 1. The number of carbonyl (C=O) groups is 1. The highest BCUT2D eigenvalue weighted by Crippen LogP contribution is 2.39. The van der Waals surface area contributed by atoms with Crippen LogP contribution in [0.4, 0.5) is 0 Å². The monoisotopic (exact) mass is 551 g/mol. The van der Waals surface area contributed by atoms with Gasteiger partial charge in [-0.3, -0.25) is 9.36 Å². The molecule has 1 saturated heterocycles. The second-order valence-corrected chi connectivity index (χ2v) is 10.1. The van der Waals surface area contributed by atoms with E-state index < -0.39 is 6.29 Å². The molecule has 1 amide bonds. The molecule has 40 heavy (non-hydrogen) atoms. The van der Waals surface area contributed by atoms with E-state index in [1.165, 1.54) is 0 Å². The van der Waals surface area contributed by atoms with E-state index in [4.69, 9.17) is 28.8 Å². The van der Waals surface area contributed by atoms with Gasteiger partial charge in [0.05, 0.1) is 37.5 Å². The van der Waals surface area contributed by atoms with Crippen LogP contribution < -0.4 is 15.2 Å². The van der Waals surface area contributed by atoms with E-state index in [2.05, 4.69) is 4.98 Å². The summed E-state index contributed by atoms with van der Waals surface area (Å²) in [4.78, 5) is 31.0. The van der Waals surface area contributed by atoms with Crippen LogP contribution in [0.1, 0.15) is 36.8 Å². The number of nitrogens with one attached hydrogen (secondary N) is 1. The average molecular weight is 552 g/mol. The van der Waals surface area contributed by atoms with Gasteiger partial charge >= 0.3 is 5.69 Å². The van der Waals surface area contributed by atoms with Crippen LogP contribution in [0, 0.1) is 0 Å². The molecular formula is C29H33N3O8. The molecule has 11 heteroatoms. The molecule has 11 nitrogen and oxygen atoms in total. The number of fused-ring (bicyclic) bond motifs is 2. The maximum absolute atomic E-state index is 13.7. The number of piperidine rings is 1. The van der Waals surface area contributed by atoms with Gasteiger partial charge in [-0.05, 0) is 48.7 Å². The number of hydrogen-bond acceptors (Lipinski definition) is 8. The molecule has 1 fully saturated rings. The Morgan fingerprint density at radius 3 is 2.73 bits per heavy atom. The standard InChI is InChI=1S/C29H33N3O8/c33-11-12-36-13-14-37-27-17-20(19-5-6-24-25(15-19)39-18-38-24)16-26(40-27)28(34)31-9-7-21(8-10-31)32-23-4-2-1-3-22(23)30-29(32)35/h1-6,15-16,20-21,27,33H,7-14,17-18H2,(H,30,35). The number of aromatic nitrogens is 2. The van der Waals surface area contributed by atoms with Gasteiger partial charge in [0.2, 0.25) is 13.1 Å². The van der Waals surface area contributed by atoms with Gasteiger partial charge in [-0.15, -0.1) is 0 Å². The van der Waals surface area contributed by atoms with Crippen molar-refractivity contribution in [3.63, 3.8) is 0 Å². The number of benzene rings is 2. The van der Waals surface area contributed by atoms with Crippen molar-refractivity contribution in [3.05, 3.63) is 70.3 Å². The SMILES string of the molecule is O=C(C1=CC(c2ccc3c(c2)OCO3)CC(OCCOCCO)O1)N1CCC(n2c(=O)[nH]c3ccccc32)CC1. The number of imidazole rings is 1. The molecule has 0 bridgehead atoms. The van der Waals surface area contributed by atoms with Gasteiger partial charge in [0.25, 0.3) is 5.91 Å². The summed E-state index contributed by atoms with van der Waals surface area (Å²) in [6.07, 6.45) is 3.06. The Balaban J connectivity index is 1.16. The lowest BCUT2D eigenvalue weighted by Crippen LogP contribution is -2.42. The highest BCUT2D eigenvalue weighted by Gasteiger charge is 2.34. The Hall–Kier alpha value is -3.80. The molecule has 4 heterocycles. The van der Waals surface area contributed by atoms with Crippen LogP contribution >= 0.6 is 0 Å². The summed E-state index contributed by atoms with van der Waals surface area (Å²) in [6.45, 7) is 1.95. The zero-order valence-corrected chi connectivity index (χ0v) is 22.1. The maximum atomic E-state index is 13.7. The number of rotatable bonds is 9. The highest BCUT2D eigenvalue weighted by atomic mass is 16.7. The smallest absolute Gasteiger partial charge is 0.326 e. The topological polar surface area (TPSA) is 124 Å². The Morgan fingerprint density at radius 2 is 1.88 bits per heavy atom. The average Bonchev–Trinajstić information content (AvgIpc) is 3.59. The number of aliphatic hydroxyl groups excluding tert-OH is 1. The van der Waals surface area contributed by atoms with Gasteiger partial charge in [-0.2, -0.15) is 0 Å². The summed E-state index contributed by atoms with van der Waals surface area (Å²) < 4.78 is 30.1. The fraction of sp³-hybridized carbons (Fsp3) is 0.448. The number of hydrogen-bond donors (Lipinski definition) is 2. The van der Waals surface area contributed by atoms with E-state index in [9.17, 15) is 9.59 Å². The van der Waals surface area contributed by atoms with Gasteiger partial charge in [0, 0.05) is 31.5 Å². The number of nitrogens with zero attached hydrogens (tertiary/aromatic N) is 2. The molecule has 3 aliphatic heterocycles. The van der Waals surface area contributed by atoms with Crippen molar-refractivity contribution < 1.29 is 33.6 Å². The summed E-state index contributed by atoms with van der Waals surface area (Å²) in [6, 6.07) is 13.4. The zero-order chi connectivity index (χ0) is 27.5. The number of allylic oxidation sites excluding steroid dienone is 1. The normalized spacial score (nSPS) is 20.9. The lowest BCUT2D eigenvalue weighted by molar-refractivity contribution is -0.157. The van der Waals surface area contributed by atoms with E-state index >= 15 is 0 Å². The number of amides is 1. The summed E-state index contributed by atoms with van der Waals surface area (Å²) in [7, 11) is 0. The molecule has 212 valence electrons.